The number of aryl methyl sites for hydroxylation is 2. The van der Waals surface area contributed by atoms with Gasteiger partial charge in [-0.25, -0.2) is 10.1 Å². The summed E-state index contributed by atoms with van der Waals surface area (Å²) in [6.45, 7) is 4.03. The van der Waals surface area contributed by atoms with Gasteiger partial charge in [-0.1, -0.05) is 30.0 Å². The second kappa shape index (κ2) is 6.25. The van der Waals surface area contributed by atoms with E-state index >= 15 is 0 Å². The topological polar surface area (TPSA) is 75.1 Å². The molecule has 1 amide bonds. The molecule has 0 atom stereocenters. The van der Waals surface area contributed by atoms with Crippen LogP contribution in [-0.4, -0.2) is 31.2 Å². The van der Waals surface area contributed by atoms with Gasteiger partial charge in [-0.3, -0.25) is 9.20 Å². The number of nitrogens with zero attached hydrogens (tertiary/aromatic N) is 3. The number of aromatic nitrogens is 4. The van der Waals surface area contributed by atoms with Crippen LogP contribution in [0.3, 0.4) is 0 Å². The Morgan fingerprint density at radius 3 is 2.76 bits per heavy atom. The predicted molar refractivity (Wildman–Crippen MR) is 100 cm³/mol. The van der Waals surface area contributed by atoms with Crippen molar-refractivity contribution in [1.82, 2.24) is 19.6 Å². The number of carbonyl (C=O) groups is 1. The highest BCUT2D eigenvalue weighted by Crippen LogP contribution is 2.23. The predicted octanol–water partition coefficient (Wildman–Crippen LogP) is 3.56. The third-order valence-electron chi connectivity index (χ3n) is 3.84. The minimum atomic E-state index is -0.0597. The van der Waals surface area contributed by atoms with Crippen molar-refractivity contribution in [3.05, 3.63) is 53.6 Å². The van der Waals surface area contributed by atoms with Crippen LogP contribution in [0.15, 0.2) is 47.6 Å². The summed E-state index contributed by atoms with van der Waals surface area (Å²) >= 11 is 1.38. The molecule has 2 heterocycles. The van der Waals surface area contributed by atoms with Crippen LogP contribution in [0.25, 0.3) is 16.8 Å². The van der Waals surface area contributed by atoms with Gasteiger partial charge in [0.15, 0.2) is 5.16 Å². The normalized spacial score (nSPS) is 11.3. The van der Waals surface area contributed by atoms with E-state index in [0.717, 1.165) is 33.0 Å². The van der Waals surface area contributed by atoms with Gasteiger partial charge in [-0.15, -0.1) is 5.10 Å². The Hall–Kier alpha value is -2.80. The number of para-hydroxylation sites is 2. The van der Waals surface area contributed by atoms with Gasteiger partial charge in [0.25, 0.3) is 0 Å². The number of hydrogen-bond donors (Lipinski definition) is 2. The quantitative estimate of drug-likeness (QED) is 0.551. The Kier molecular flexibility index (Phi) is 3.93. The summed E-state index contributed by atoms with van der Waals surface area (Å²) < 4.78 is 1.93. The Morgan fingerprint density at radius 2 is 1.96 bits per heavy atom. The van der Waals surface area contributed by atoms with Crippen molar-refractivity contribution in [2.75, 3.05) is 11.1 Å². The number of benzene rings is 2. The van der Waals surface area contributed by atoms with Crippen LogP contribution < -0.4 is 5.32 Å². The summed E-state index contributed by atoms with van der Waals surface area (Å²) in [6, 6.07) is 13.9. The molecule has 0 aliphatic heterocycles. The molecule has 4 aromatic rings. The van der Waals surface area contributed by atoms with Crippen LogP contribution in [0.5, 0.6) is 0 Å². The first-order chi connectivity index (χ1) is 12.1. The summed E-state index contributed by atoms with van der Waals surface area (Å²) in [4.78, 5) is 16.8. The van der Waals surface area contributed by atoms with E-state index in [2.05, 4.69) is 26.6 Å². The molecule has 0 unspecified atom stereocenters. The Morgan fingerprint density at radius 1 is 1.20 bits per heavy atom. The van der Waals surface area contributed by atoms with Gasteiger partial charge in [0, 0.05) is 5.69 Å². The van der Waals surface area contributed by atoms with Crippen molar-refractivity contribution < 1.29 is 4.79 Å². The molecule has 6 nitrogen and oxygen atoms in total. The highest BCUT2D eigenvalue weighted by atomic mass is 32.2. The van der Waals surface area contributed by atoms with Crippen molar-refractivity contribution >= 4 is 40.2 Å². The van der Waals surface area contributed by atoms with Crippen LogP contribution in [-0.2, 0) is 4.79 Å². The molecule has 0 spiro atoms. The maximum absolute atomic E-state index is 12.3. The molecule has 4 rings (SSSR count). The van der Waals surface area contributed by atoms with Gasteiger partial charge >= 0.3 is 0 Å². The van der Waals surface area contributed by atoms with Gasteiger partial charge in [0.2, 0.25) is 11.7 Å². The molecule has 126 valence electrons. The fourth-order valence-corrected chi connectivity index (χ4v) is 3.67. The first kappa shape index (κ1) is 15.7. The monoisotopic (exact) mass is 351 g/mol. The average Bonchev–Trinajstić information content (AvgIpc) is 3.11. The van der Waals surface area contributed by atoms with Crippen LogP contribution >= 0.6 is 11.8 Å². The molecule has 2 N–H and O–H groups in total. The van der Waals surface area contributed by atoms with Gasteiger partial charge in [-0.05, 0) is 49.2 Å². The standard InChI is InChI=1S/C18H17N5OS/c1-11-7-12(2)9-13(8-11)19-16(24)10-25-18-22-21-17-20-14-5-3-4-6-15(14)23(17)18/h3-9H,10H2,1-2H3,(H,19,24)(H,20,21). The molecule has 2 aromatic heterocycles. The zero-order valence-electron chi connectivity index (χ0n) is 13.9. The van der Waals surface area contributed by atoms with E-state index in [1.54, 1.807) is 0 Å². The number of nitrogens with one attached hydrogen (secondary N) is 2. The van der Waals surface area contributed by atoms with E-state index in [-0.39, 0.29) is 11.7 Å². The number of imidazole rings is 1. The number of amides is 1. The lowest BCUT2D eigenvalue weighted by molar-refractivity contribution is -0.113. The van der Waals surface area contributed by atoms with Gasteiger partial charge < -0.3 is 5.32 Å². The second-order valence-corrected chi connectivity index (χ2v) is 6.92. The minimum Gasteiger partial charge on any atom is -0.325 e. The molecular formula is C18H17N5OS. The van der Waals surface area contributed by atoms with Crippen molar-refractivity contribution in [3.8, 4) is 0 Å². The van der Waals surface area contributed by atoms with E-state index in [9.17, 15) is 4.79 Å². The largest absolute Gasteiger partial charge is 0.325 e. The molecule has 0 saturated carbocycles. The summed E-state index contributed by atoms with van der Waals surface area (Å²) in [7, 11) is 0. The molecule has 2 aromatic carbocycles. The fourth-order valence-electron chi connectivity index (χ4n) is 2.91. The van der Waals surface area contributed by atoms with E-state index < -0.39 is 0 Å². The molecule has 0 bridgehead atoms. The number of thioether (sulfide) groups is 1. The van der Waals surface area contributed by atoms with Crippen LogP contribution in [0.4, 0.5) is 5.69 Å². The van der Waals surface area contributed by atoms with E-state index in [1.165, 1.54) is 11.8 Å². The molecule has 0 aliphatic rings. The lowest BCUT2D eigenvalue weighted by Crippen LogP contribution is -2.14. The van der Waals surface area contributed by atoms with Crippen LogP contribution in [0.1, 0.15) is 11.1 Å². The summed E-state index contributed by atoms with van der Waals surface area (Å²) in [5.41, 5.74) is 4.95. The Bertz CT molecular complexity index is 1060. The summed E-state index contributed by atoms with van der Waals surface area (Å²) in [6.07, 6.45) is 0. The van der Waals surface area contributed by atoms with Crippen molar-refractivity contribution in [3.63, 3.8) is 0 Å². The second-order valence-electron chi connectivity index (χ2n) is 5.98. The zero-order valence-corrected chi connectivity index (χ0v) is 14.7. The number of fused-ring (bicyclic) bond motifs is 3. The van der Waals surface area contributed by atoms with Crippen LogP contribution in [0.2, 0.25) is 0 Å². The molecule has 0 radical (unpaired) electrons. The fraction of sp³-hybridized carbons (Fsp3) is 0.167. The van der Waals surface area contributed by atoms with Crippen molar-refractivity contribution in [2.24, 2.45) is 0 Å². The maximum Gasteiger partial charge on any atom is 0.234 e. The first-order valence-corrected chi connectivity index (χ1v) is 8.91. The van der Waals surface area contributed by atoms with Crippen LogP contribution in [0, 0.1) is 13.8 Å². The number of H-pyrrole nitrogens is 1. The minimum absolute atomic E-state index is 0.0597. The summed E-state index contributed by atoms with van der Waals surface area (Å²) in [5.74, 6) is 0.897. The number of aromatic amines is 1. The number of rotatable bonds is 4. The highest BCUT2D eigenvalue weighted by molar-refractivity contribution is 7.99. The zero-order chi connectivity index (χ0) is 17.4. The number of anilines is 1. The van der Waals surface area contributed by atoms with E-state index in [1.807, 2.05) is 54.6 Å². The SMILES string of the molecule is Cc1cc(C)cc(NC(=O)CSc2n[nH]c3nc4ccccc4n23)c1. The third kappa shape index (κ3) is 3.10. The van der Waals surface area contributed by atoms with Crippen molar-refractivity contribution in [2.45, 2.75) is 19.0 Å². The van der Waals surface area contributed by atoms with E-state index in [4.69, 9.17) is 0 Å². The third-order valence-corrected chi connectivity index (χ3v) is 4.78. The molecule has 0 saturated heterocycles. The number of carbonyl (C=O) groups excluding carboxylic acids is 1. The van der Waals surface area contributed by atoms with E-state index in [0.29, 0.717) is 5.78 Å². The molecule has 7 heteroatoms. The Balaban J connectivity index is 1.51. The average molecular weight is 351 g/mol. The highest BCUT2D eigenvalue weighted by Gasteiger charge is 2.13. The van der Waals surface area contributed by atoms with Gasteiger partial charge in [0.1, 0.15) is 0 Å². The molecule has 0 fully saturated rings. The van der Waals surface area contributed by atoms with Gasteiger partial charge in [0.05, 0.1) is 16.8 Å². The first-order valence-electron chi connectivity index (χ1n) is 7.93. The lowest BCUT2D eigenvalue weighted by Gasteiger charge is -2.07. The lowest BCUT2D eigenvalue weighted by atomic mass is 10.1. The maximum atomic E-state index is 12.3. The number of hydrogen-bond acceptors (Lipinski definition) is 4. The summed E-state index contributed by atoms with van der Waals surface area (Å²) in [5, 5.41) is 10.9. The molecule has 0 aliphatic carbocycles. The Labute approximate surface area is 148 Å². The van der Waals surface area contributed by atoms with Gasteiger partial charge in [-0.2, -0.15) is 0 Å². The molecular weight excluding hydrogens is 334 g/mol. The molecule has 25 heavy (non-hydrogen) atoms. The smallest absolute Gasteiger partial charge is 0.234 e. The van der Waals surface area contributed by atoms with Crippen molar-refractivity contribution in [1.29, 1.82) is 0 Å².